The lowest BCUT2D eigenvalue weighted by molar-refractivity contribution is 0.150. The lowest BCUT2D eigenvalue weighted by atomic mass is 10.2. The summed E-state index contributed by atoms with van der Waals surface area (Å²) in [7, 11) is 0. The van der Waals surface area contributed by atoms with Crippen molar-refractivity contribution >= 4 is 0 Å². The van der Waals surface area contributed by atoms with Gasteiger partial charge in [0.25, 0.3) is 0 Å². The summed E-state index contributed by atoms with van der Waals surface area (Å²) in [5.74, 6) is 0. The highest BCUT2D eigenvalue weighted by atomic mass is 19.1. The van der Waals surface area contributed by atoms with Crippen LogP contribution in [0.2, 0.25) is 0 Å². The highest BCUT2D eigenvalue weighted by Gasteiger charge is 2.24. The highest BCUT2D eigenvalue weighted by Crippen LogP contribution is 2.17. The lowest BCUT2D eigenvalue weighted by Gasteiger charge is -2.25. The van der Waals surface area contributed by atoms with Gasteiger partial charge in [-0.25, -0.2) is 8.78 Å². The fourth-order valence-corrected chi connectivity index (χ4v) is 1.55. The maximum absolute atomic E-state index is 13.0. The van der Waals surface area contributed by atoms with Gasteiger partial charge >= 0.3 is 0 Å². The quantitative estimate of drug-likeness (QED) is 0.593. The van der Waals surface area contributed by atoms with Crippen LogP contribution in [0.25, 0.3) is 0 Å². The molecule has 0 spiro atoms. The zero-order valence-electron chi connectivity index (χ0n) is 7.76. The van der Waals surface area contributed by atoms with E-state index in [1.807, 2.05) is 18.7 Å². The standard InChI is InChI=1S/C9H17F2N/c1-7(2)12-5-8(10)3-4-9(11)6-12/h7-9H,3-6H2,1-2H3. The van der Waals surface area contributed by atoms with E-state index in [0.29, 0.717) is 25.9 Å². The summed E-state index contributed by atoms with van der Waals surface area (Å²) in [5, 5.41) is 0. The first-order valence-electron chi connectivity index (χ1n) is 4.61. The van der Waals surface area contributed by atoms with E-state index in [-0.39, 0.29) is 6.04 Å². The van der Waals surface area contributed by atoms with Gasteiger partial charge in [-0.2, -0.15) is 0 Å². The summed E-state index contributed by atoms with van der Waals surface area (Å²) in [4.78, 5) is 1.88. The lowest BCUT2D eigenvalue weighted by Crippen LogP contribution is -2.37. The highest BCUT2D eigenvalue weighted by molar-refractivity contribution is 4.77. The summed E-state index contributed by atoms with van der Waals surface area (Å²) in [6.07, 6.45) is -0.921. The number of halogens is 2. The Morgan fingerprint density at radius 3 is 1.83 bits per heavy atom. The number of rotatable bonds is 1. The molecule has 1 nitrogen and oxygen atoms in total. The van der Waals surface area contributed by atoms with Crippen LogP contribution in [0.3, 0.4) is 0 Å². The molecule has 3 heteroatoms. The molecule has 0 N–H and O–H groups in total. The van der Waals surface area contributed by atoms with Crippen molar-refractivity contribution in [2.75, 3.05) is 13.1 Å². The van der Waals surface area contributed by atoms with Gasteiger partial charge in [0.2, 0.25) is 0 Å². The zero-order chi connectivity index (χ0) is 9.14. The third kappa shape index (κ3) is 2.70. The van der Waals surface area contributed by atoms with E-state index in [9.17, 15) is 8.78 Å². The van der Waals surface area contributed by atoms with Crippen LogP contribution >= 0.6 is 0 Å². The van der Waals surface area contributed by atoms with E-state index in [4.69, 9.17) is 0 Å². The Balaban J connectivity index is 2.49. The Labute approximate surface area is 72.7 Å². The summed E-state index contributed by atoms with van der Waals surface area (Å²) >= 11 is 0. The van der Waals surface area contributed by atoms with Crippen molar-refractivity contribution in [3.05, 3.63) is 0 Å². The first-order valence-corrected chi connectivity index (χ1v) is 4.61. The second kappa shape index (κ2) is 4.17. The van der Waals surface area contributed by atoms with E-state index in [2.05, 4.69) is 0 Å². The summed E-state index contributed by atoms with van der Waals surface area (Å²) in [6.45, 7) is 4.76. The molecule has 1 fully saturated rings. The minimum Gasteiger partial charge on any atom is -0.295 e. The molecule has 2 atom stereocenters. The molecule has 0 saturated carbocycles. The molecular weight excluding hydrogens is 160 g/mol. The number of hydrogen-bond donors (Lipinski definition) is 0. The predicted molar refractivity (Wildman–Crippen MR) is 45.7 cm³/mol. The Morgan fingerprint density at radius 1 is 1.08 bits per heavy atom. The third-order valence-electron chi connectivity index (χ3n) is 2.39. The molecule has 1 heterocycles. The molecular formula is C9H17F2N. The fraction of sp³-hybridized carbons (Fsp3) is 1.00. The summed E-state index contributed by atoms with van der Waals surface area (Å²) in [6, 6.07) is 0.250. The first kappa shape index (κ1) is 9.90. The molecule has 12 heavy (non-hydrogen) atoms. The van der Waals surface area contributed by atoms with Gasteiger partial charge in [0.1, 0.15) is 12.3 Å². The van der Waals surface area contributed by atoms with Crippen molar-refractivity contribution < 1.29 is 8.78 Å². The molecule has 0 radical (unpaired) electrons. The normalized spacial score (nSPS) is 33.8. The summed E-state index contributed by atoms with van der Waals surface area (Å²) < 4.78 is 26.0. The molecule has 0 aromatic carbocycles. The number of alkyl halides is 2. The van der Waals surface area contributed by atoms with Crippen LogP contribution in [-0.4, -0.2) is 36.4 Å². The maximum atomic E-state index is 13.0. The molecule has 0 aromatic heterocycles. The molecule has 0 aromatic rings. The van der Waals surface area contributed by atoms with Crippen molar-refractivity contribution in [2.45, 2.75) is 45.1 Å². The molecule has 1 saturated heterocycles. The van der Waals surface area contributed by atoms with E-state index >= 15 is 0 Å². The Morgan fingerprint density at radius 2 is 1.50 bits per heavy atom. The van der Waals surface area contributed by atoms with Crippen molar-refractivity contribution in [1.82, 2.24) is 4.90 Å². The molecule has 0 amide bonds. The van der Waals surface area contributed by atoms with Crippen LogP contribution in [0.5, 0.6) is 0 Å². The van der Waals surface area contributed by atoms with Crippen molar-refractivity contribution in [3.8, 4) is 0 Å². The minimum absolute atomic E-state index is 0.250. The SMILES string of the molecule is CC(C)N1CC(F)CCC(F)C1. The van der Waals surface area contributed by atoms with Crippen LogP contribution < -0.4 is 0 Å². The number of nitrogens with zero attached hydrogens (tertiary/aromatic N) is 1. The second-order valence-electron chi connectivity index (χ2n) is 3.82. The van der Waals surface area contributed by atoms with Crippen molar-refractivity contribution in [2.24, 2.45) is 0 Å². The molecule has 1 aliphatic rings. The first-order chi connectivity index (χ1) is 5.59. The smallest absolute Gasteiger partial charge is 0.113 e. The fourth-order valence-electron chi connectivity index (χ4n) is 1.55. The van der Waals surface area contributed by atoms with Crippen LogP contribution in [-0.2, 0) is 0 Å². The van der Waals surface area contributed by atoms with Gasteiger partial charge in [-0.05, 0) is 26.7 Å². The van der Waals surface area contributed by atoms with E-state index in [1.165, 1.54) is 0 Å². The van der Waals surface area contributed by atoms with Crippen molar-refractivity contribution in [1.29, 1.82) is 0 Å². The van der Waals surface area contributed by atoms with Gasteiger partial charge in [0, 0.05) is 19.1 Å². The topological polar surface area (TPSA) is 3.24 Å². The van der Waals surface area contributed by atoms with Crippen LogP contribution in [0.4, 0.5) is 8.78 Å². The number of hydrogen-bond acceptors (Lipinski definition) is 1. The number of likely N-dealkylation sites (tertiary alicyclic amines) is 1. The van der Waals surface area contributed by atoms with E-state index in [1.54, 1.807) is 0 Å². The molecule has 2 unspecified atom stereocenters. The summed E-state index contributed by atoms with van der Waals surface area (Å²) in [5.41, 5.74) is 0. The van der Waals surface area contributed by atoms with Gasteiger partial charge in [-0.3, -0.25) is 4.90 Å². The van der Waals surface area contributed by atoms with Gasteiger partial charge in [-0.1, -0.05) is 0 Å². The van der Waals surface area contributed by atoms with Crippen molar-refractivity contribution in [3.63, 3.8) is 0 Å². The average Bonchev–Trinajstić information content (AvgIpc) is 2.13. The van der Waals surface area contributed by atoms with Crippen LogP contribution in [0.15, 0.2) is 0 Å². The maximum Gasteiger partial charge on any atom is 0.113 e. The average molecular weight is 177 g/mol. The molecule has 0 aliphatic carbocycles. The van der Waals surface area contributed by atoms with Gasteiger partial charge in [0.05, 0.1) is 0 Å². The zero-order valence-corrected chi connectivity index (χ0v) is 7.76. The van der Waals surface area contributed by atoms with Crippen LogP contribution in [0, 0.1) is 0 Å². The second-order valence-corrected chi connectivity index (χ2v) is 3.82. The van der Waals surface area contributed by atoms with Crippen LogP contribution in [0.1, 0.15) is 26.7 Å². The predicted octanol–water partition coefficient (Wildman–Crippen LogP) is 2.17. The Bertz CT molecular complexity index is 126. The Kier molecular flexibility index (Phi) is 3.44. The van der Waals surface area contributed by atoms with Gasteiger partial charge in [0.15, 0.2) is 0 Å². The Hall–Kier alpha value is -0.180. The molecule has 1 aliphatic heterocycles. The molecule has 1 rings (SSSR count). The van der Waals surface area contributed by atoms with E-state index in [0.717, 1.165) is 0 Å². The molecule has 72 valence electrons. The van der Waals surface area contributed by atoms with E-state index < -0.39 is 12.3 Å². The third-order valence-corrected chi connectivity index (χ3v) is 2.39. The van der Waals surface area contributed by atoms with Gasteiger partial charge < -0.3 is 0 Å². The largest absolute Gasteiger partial charge is 0.295 e. The monoisotopic (exact) mass is 177 g/mol. The molecule has 0 bridgehead atoms. The van der Waals surface area contributed by atoms with Gasteiger partial charge in [-0.15, -0.1) is 0 Å². The minimum atomic E-state index is -0.840.